The Kier molecular flexibility index (Phi) is 6.84. The molecule has 2 aliphatic rings. The molecule has 7 heteroatoms. The second kappa shape index (κ2) is 10.1. The van der Waals surface area contributed by atoms with Gasteiger partial charge >= 0.3 is 0 Å². The minimum atomic E-state index is -0.319. The lowest BCUT2D eigenvalue weighted by Gasteiger charge is -2.19. The van der Waals surface area contributed by atoms with E-state index in [1.807, 2.05) is 49.4 Å². The molecule has 6 nitrogen and oxygen atoms in total. The number of pyridine rings is 1. The van der Waals surface area contributed by atoms with Crippen molar-refractivity contribution in [3.63, 3.8) is 0 Å². The summed E-state index contributed by atoms with van der Waals surface area (Å²) in [5.74, 6) is 2.18. The molecule has 2 unspecified atom stereocenters. The number of carbonyl (C=O) groups is 1. The van der Waals surface area contributed by atoms with Gasteiger partial charge in [-0.1, -0.05) is 36.4 Å². The van der Waals surface area contributed by atoms with Gasteiger partial charge in [0.25, 0.3) is 0 Å². The number of piperidine rings is 1. The maximum atomic E-state index is 13.9. The van der Waals surface area contributed by atoms with Gasteiger partial charge in [-0.3, -0.25) is 9.78 Å². The van der Waals surface area contributed by atoms with E-state index in [2.05, 4.69) is 25.2 Å². The first kappa shape index (κ1) is 21.6. The lowest BCUT2D eigenvalue weighted by Crippen LogP contribution is -2.24. The summed E-state index contributed by atoms with van der Waals surface area (Å²) in [7, 11) is 0. The highest BCUT2D eigenvalue weighted by molar-refractivity contribution is 5.91. The van der Waals surface area contributed by atoms with E-state index < -0.39 is 0 Å². The number of hydrogen-bond acceptors (Lipinski definition) is 5. The van der Waals surface area contributed by atoms with E-state index in [0.29, 0.717) is 18.2 Å². The van der Waals surface area contributed by atoms with Crippen LogP contribution < -0.4 is 10.2 Å². The Balaban J connectivity index is 0.000000166. The minimum Gasteiger partial charge on any atom is -0.353 e. The molecular formula is C25H26FN5O. The molecule has 3 aromatic rings. The number of benzene rings is 1. The first-order valence-electron chi connectivity index (χ1n) is 10.8. The van der Waals surface area contributed by atoms with E-state index in [1.165, 1.54) is 18.7 Å². The summed E-state index contributed by atoms with van der Waals surface area (Å²) in [4.78, 5) is 25.5. The van der Waals surface area contributed by atoms with Crippen LogP contribution in [0.4, 0.5) is 10.2 Å². The number of fused-ring (bicyclic) bond motifs is 1. The van der Waals surface area contributed by atoms with Gasteiger partial charge in [0.1, 0.15) is 0 Å². The average Bonchev–Trinajstić information content (AvgIpc) is 3.44. The molecule has 2 atom stereocenters. The number of amides is 1. The molecule has 1 N–H and O–H groups in total. The van der Waals surface area contributed by atoms with Crippen molar-refractivity contribution in [3.05, 3.63) is 78.5 Å². The summed E-state index contributed by atoms with van der Waals surface area (Å²) in [6.45, 7) is 4.41. The smallest absolute Gasteiger partial charge is 0.243 e. The maximum Gasteiger partial charge on any atom is 0.243 e. The number of likely N-dealkylation sites (N-methyl/N-ethyl adjacent to an activating group) is 1. The molecular weight excluding hydrogens is 405 g/mol. The molecule has 5 rings (SSSR count). The Hall–Kier alpha value is -3.61. The van der Waals surface area contributed by atoms with Gasteiger partial charge in [0.15, 0.2) is 17.5 Å². The molecule has 3 heterocycles. The van der Waals surface area contributed by atoms with Crippen LogP contribution >= 0.6 is 0 Å². The molecule has 1 aliphatic heterocycles. The number of hydrogen-bond donors (Lipinski definition) is 1. The van der Waals surface area contributed by atoms with Gasteiger partial charge < -0.3 is 10.2 Å². The van der Waals surface area contributed by atoms with Gasteiger partial charge in [-0.05, 0) is 42.9 Å². The first-order valence-corrected chi connectivity index (χ1v) is 10.8. The molecule has 0 radical (unpaired) electrons. The Morgan fingerprint density at radius 1 is 1.16 bits per heavy atom. The van der Waals surface area contributed by atoms with Crippen LogP contribution in [-0.4, -0.2) is 40.5 Å². The SMILES string of the molecule is CCNC(=O)/C=C/c1cccnc1.Fc1cnc(-c2ccccc2)nc1N1CC2CC2C1. The average molecular weight is 432 g/mol. The zero-order valence-electron chi connectivity index (χ0n) is 18.0. The molecule has 1 aromatic carbocycles. The van der Waals surface area contributed by atoms with Crippen molar-refractivity contribution in [2.75, 3.05) is 24.5 Å². The van der Waals surface area contributed by atoms with E-state index >= 15 is 0 Å². The molecule has 32 heavy (non-hydrogen) atoms. The first-order chi connectivity index (χ1) is 15.6. The summed E-state index contributed by atoms with van der Waals surface area (Å²) < 4.78 is 13.9. The Morgan fingerprint density at radius 3 is 2.62 bits per heavy atom. The van der Waals surface area contributed by atoms with E-state index in [0.717, 1.165) is 36.1 Å². The van der Waals surface area contributed by atoms with Crippen LogP contribution in [0.2, 0.25) is 0 Å². The molecule has 1 saturated heterocycles. The number of aromatic nitrogens is 3. The molecule has 1 amide bonds. The van der Waals surface area contributed by atoms with E-state index in [1.54, 1.807) is 18.5 Å². The van der Waals surface area contributed by atoms with Crippen molar-refractivity contribution >= 4 is 17.8 Å². The van der Waals surface area contributed by atoms with Crippen LogP contribution in [0, 0.1) is 17.7 Å². The topological polar surface area (TPSA) is 71.0 Å². The van der Waals surface area contributed by atoms with Gasteiger partial charge in [-0.2, -0.15) is 0 Å². The van der Waals surface area contributed by atoms with Crippen molar-refractivity contribution in [1.29, 1.82) is 0 Å². The maximum absolute atomic E-state index is 13.9. The van der Waals surface area contributed by atoms with Gasteiger partial charge in [-0.15, -0.1) is 0 Å². The third-order valence-corrected chi connectivity index (χ3v) is 5.50. The van der Waals surface area contributed by atoms with Gasteiger partial charge in [0.05, 0.1) is 6.20 Å². The fourth-order valence-electron chi connectivity index (χ4n) is 3.76. The fraction of sp³-hybridized carbons (Fsp3) is 0.280. The van der Waals surface area contributed by atoms with Gasteiger partial charge in [-0.25, -0.2) is 14.4 Å². The normalized spacial score (nSPS) is 18.6. The Bertz CT molecular complexity index is 1060. The Morgan fingerprint density at radius 2 is 1.94 bits per heavy atom. The fourth-order valence-corrected chi connectivity index (χ4v) is 3.76. The summed E-state index contributed by atoms with van der Waals surface area (Å²) in [6.07, 6.45) is 9.22. The number of halogens is 1. The van der Waals surface area contributed by atoms with Crippen LogP contribution in [0.3, 0.4) is 0 Å². The minimum absolute atomic E-state index is 0.0775. The predicted molar refractivity (Wildman–Crippen MR) is 123 cm³/mol. The molecule has 2 fully saturated rings. The summed E-state index contributed by atoms with van der Waals surface area (Å²) >= 11 is 0. The van der Waals surface area contributed by atoms with Gasteiger partial charge in [0, 0.05) is 43.7 Å². The molecule has 1 aliphatic carbocycles. The lowest BCUT2D eigenvalue weighted by atomic mass is 10.2. The van der Waals surface area contributed by atoms with Crippen molar-refractivity contribution in [3.8, 4) is 11.4 Å². The summed E-state index contributed by atoms with van der Waals surface area (Å²) in [6, 6.07) is 13.4. The van der Waals surface area contributed by atoms with Crippen LogP contribution in [0.5, 0.6) is 0 Å². The lowest BCUT2D eigenvalue weighted by molar-refractivity contribution is -0.116. The largest absolute Gasteiger partial charge is 0.353 e. The third kappa shape index (κ3) is 5.55. The standard InChI is InChI=1S/C15H14FN3.C10H12N2O/c16-13-7-17-14(10-4-2-1-3-5-10)18-15(13)19-8-11-6-12(11)9-19;1-2-12-10(13)6-5-9-4-3-7-11-8-9/h1-5,7,11-12H,6,8-9H2;3-8H,2H2,1H3,(H,12,13)/b;6-5+. The number of nitrogens with one attached hydrogen (secondary N) is 1. The summed E-state index contributed by atoms with van der Waals surface area (Å²) in [5.41, 5.74) is 1.85. The zero-order chi connectivity index (χ0) is 22.3. The number of carbonyl (C=O) groups excluding carboxylic acids is 1. The highest BCUT2D eigenvalue weighted by Crippen LogP contribution is 2.46. The van der Waals surface area contributed by atoms with E-state index in [4.69, 9.17) is 0 Å². The molecule has 0 spiro atoms. The quantitative estimate of drug-likeness (QED) is 0.619. The molecule has 0 bridgehead atoms. The van der Waals surface area contributed by atoms with Crippen molar-refractivity contribution in [2.45, 2.75) is 13.3 Å². The predicted octanol–water partition coefficient (Wildman–Crippen LogP) is 3.97. The molecule has 164 valence electrons. The molecule has 2 aromatic heterocycles. The van der Waals surface area contributed by atoms with Crippen LogP contribution in [0.1, 0.15) is 18.9 Å². The Labute approximate surface area is 187 Å². The van der Waals surface area contributed by atoms with Crippen molar-refractivity contribution < 1.29 is 9.18 Å². The second-order valence-electron chi connectivity index (χ2n) is 7.91. The highest BCUT2D eigenvalue weighted by atomic mass is 19.1. The number of nitrogens with zero attached hydrogens (tertiary/aromatic N) is 4. The van der Waals surface area contributed by atoms with E-state index in [-0.39, 0.29) is 11.7 Å². The van der Waals surface area contributed by atoms with Crippen molar-refractivity contribution in [2.24, 2.45) is 11.8 Å². The van der Waals surface area contributed by atoms with Crippen LogP contribution in [0.15, 0.2) is 67.1 Å². The van der Waals surface area contributed by atoms with Crippen LogP contribution in [0.25, 0.3) is 17.5 Å². The highest BCUT2D eigenvalue weighted by Gasteiger charge is 2.46. The monoisotopic (exact) mass is 431 g/mol. The number of anilines is 1. The third-order valence-electron chi connectivity index (χ3n) is 5.50. The van der Waals surface area contributed by atoms with E-state index in [9.17, 15) is 9.18 Å². The van der Waals surface area contributed by atoms with Crippen LogP contribution in [-0.2, 0) is 4.79 Å². The van der Waals surface area contributed by atoms with Gasteiger partial charge in [0.2, 0.25) is 5.91 Å². The molecule has 1 saturated carbocycles. The number of rotatable bonds is 5. The summed E-state index contributed by atoms with van der Waals surface area (Å²) in [5, 5.41) is 2.67. The van der Waals surface area contributed by atoms with Crippen molar-refractivity contribution in [1.82, 2.24) is 20.3 Å². The second-order valence-corrected chi connectivity index (χ2v) is 7.91. The zero-order valence-corrected chi connectivity index (χ0v) is 18.0.